The molecule has 0 aliphatic heterocycles. The summed E-state index contributed by atoms with van der Waals surface area (Å²) < 4.78 is 6.09. The van der Waals surface area contributed by atoms with E-state index >= 15 is 0 Å². The molecule has 4 heteroatoms. The highest BCUT2D eigenvalue weighted by Gasteiger charge is 2.17. The second kappa shape index (κ2) is 6.17. The van der Waals surface area contributed by atoms with Crippen molar-refractivity contribution in [3.8, 4) is 5.75 Å². The average molecular weight is 289 g/mol. The molecule has 0 aliphatic rings. The molecule has 0 atom stereocenters. The second-order valence-electron chi connectivity index (χ2n) is 5.35. The molecule has 0 N–H and O–H groups in total. The number of hydrogen-bond donors (Lipinski definition) is 0. The van der Waals surface area contributed by atoms with Gasteiger partial charge in [0.2, 0.25) is 8.32 Å². The van der Waals surface area contributed by atoms with E-state index < -0.39 is 8.32 Å². The van der Waals surface area contributed by atoms with Gasteiger partial charge in [0.25, 0.3) is 0 Å². The van der Waals surface area contributed by atoms with E-state index in [2.05, 4.69) is 47.5 Å². The van der Waals surface area contributed by atoms with Crippen molar-refractivity contribution in [3.05, 3.63) is 52.2 Å². The first-order valence-electron chi connectivity index (χ1n) is 6.33. The van der Waals surface area contributed by atoms with Crippen molar-refractivity contribution in [1.82, 2.24) is 0 Å². The minimum absolute atomic E-state index is 0.663. The summed E-state index contributed by atoms with van der Waals surface area (Å²) in [6.45, 7) is 7.24. The Morgan fingerprint density at radius 2 is 2.00 bits per heavy atom. The molecule has 1 heterocycles. The topological polar surface area (TPSA) is 21.6 Å². The van der Waals surface area contributed by atoms with E-state index in [4.69, 9.17) is 4.43 Å². The maximum absolute atomic E-state index is 6.09. The molecule has 100 valence electrons. The summed E-state index contributed by atoms with van der Waals surface area (Å²) in [5.41, 5.74) is 2.31. The third kappa shape index (κ3) is 4.65. The highest BCUT2D eigenvalue weighted by Crippen LogP contribution is 2.22. The van der Waals surface area contributed by atoms with Crippen LogP contribution in [0.15, 0.2) is 46.1 Å². The van der Waals surface area contributed by atoms with Crippen molar-refractivity contribution in [3.63, 3.8) is 0 Å². The van der Waals surface area contributed by atoms with Crippen LogP contribution in [0.1, 0.15) is 11.1 Å². The van der Waals surface area contributed by atoms with Gasteiger partial charge < -0.3 is 4.43 Å². The van der Waals surface area contributed by atoms with Crippen LogP contribution in [-0.4, -0.2) is 14.5 Å². The van der Waals surface area contributed by atoms with Crippen LogP contribution in [0.3, 0.4) is 0 Å². The molecule has 19 heavy (non-hydrogen) atoms. The Morgan fingerprint density at radius 3 is 2.68 bits per heavy atom. The van der Waals surface area contributed by atoms with Gasteiger partial charge in [-0.3, -0.25) is 4.99 Å². The number of aliphatic imine (C=N–C) groups is 1. The lowest BCUT2D eigenvalue weighted by atomic mass is 10.2. The normalized spacial score (nSPS) is 11.9. The zero-order valence-electron chi connectivity index (χ0n) is 11.6. The van der Waals surface area contributed by atoms with Crippen molar-refractivity contribution >= 4 is 25.9 Å². The van der Waals surface area contributed by atoms with E-state index in [-0.39, 0.29) is 0 Å². The van der Waals surface area contributed by atoms with Gasteiger partial charge in [-0.15, -0.1) is 0 Å². The quantitative estimate of drug-likeness (QED) is 0.583. The Labute approximate surface area is 119 Å². The predicted octanol–water partition coefficient (Wildman–Crippen LogP) is 4.58. The number of nitrogens with zero attached hydrogens (tertiary/aromatic N) is 1. The van der Waals surface area contributed by atoms with Gasteiger partial charge >= 0.3 is 0 Å². The van der Waals surface area contributed by atoms with Gasteiger partial charge in [0.05, 0.1) is 6.54 Å². The van der Waals surface area contributed by atoms with Crippen molar-refractivity contribution in [1.29, 1.82) is 0 Å². The van der Waals surface area contributed by atoms with Gasteiger partial charge in [-0.1, -0.05) is 18.2 Å². The van der Waals surface area contributed by atoms with E-state index in [1.54, 1.807) is 11.3 Å². The van der Waals surface area contributed by atoms with Crippen LogP contribution in [0.5, 0.6) is 5.75 Å². The monoisotopic (exact) mass is 289 g/mol. The van der Waals surface area contributed by atoms with Gasteiger partial charge in [0.15, 0.2) is 0 Å². The Balaban J connectivity index is 2.08. The number of benzene rings is 1. The predicted molar refractivity (Wildman–Crippen MR) is 86.0 cm³/mol. The molecule has 1 aromatic carbocycles. The average Bonchev–Trinajstić information content (AvgIpc) is 2.82. The fourth-order valence-corrected chi connectivity index (χ4v) is 3.13. The summed E-state index contributed by atoms with van der Waals surface area (Å²) >= 11 is 1.69. The molecule has 0 fully saturated rings. The van der Waals surface area contributed by atoms with Gasteiger partial charge in [-0.2, -0.15) is 11.3 Å². The molecule has 2 aromatic rings. The molecule has 0 aliphatic carbocycles. The minimum atomic E-state index is -1.57. The first kappa shape index (κ1) is 14.0. The standard InChI is InChI=1S/C15H19NOSSi/c1-19(2,3)17-15-7-5-4-6-14(15)11-16-10-13-8-9-18-12-13/h4-10,12H,11H2,1-3H3/b16-10-. The van der Waals surface area contributed by atoms with Crippen LogP contribution >= 0.6 is 11.3 Å². The van der Waals surface area contributed by atoms with E-state index in [0.717, 1.165) is 16.9 Å². The van der Waals surface area contributed by atoms with Gasteiger partial charge in [0, 0.05) is 17.3 Å². The molecule has 0 saturated carbocycles. The summed E-state index contributed by atoms with van der Waals surface area (Å²) in [6, 6.07) is 10.2. The van der Waals surface area contributed by atoms with Crippen molar-refractivity contribution in [2.24, 2.45) is 4.99 Å². The SMILES string of the molecule is C[Si](C)(C)Oc1ccccc1C/N=C\c1ccsc1. The Hall–Kier alpha value is -1.39. The Morgan fingerprint density at radius 1 is 1.21 bits per heavy atom. The highest BCUT2D eigenvalue weighted by molar-refractivity contribution is 7.08. The number of para-hydroxylation sites is 1. The fraction of sp³-hybridized carbons (Fsp3) is 0.267. The molecule has 0 bridgehead atoms. The molecule has 0 radical (unpaired) electrons. The maximum Gasteiger partial charge on any atom is 0.242 e. The highest BCUT2D eigenvalue weighted by atomic mass is 32.1. The summed E-state index contributed by atoms with van der Waals surface area (Å²) in [5, 5.41) is 4.15. The lowest BCUT2D eigenvalue weighted by Gasteiger charge is -2.21. The number of rotatable bonds is 5. The van der Waals surface area contributed by atoms with Crippen LogP contribution in [-0.2, 0) is 6.54 Å². The van der Waals surface area contributed by atoms with Crippen LogP contribution in [0.2, 0.25) is 19.6 Å². The van der Waals surface area contributed by atoms with Crippen molar-refractivity contribution in [2.45, 2.75) is 26.2 Å². The maximum atomic E-state index is 6.09. The molecular weight excluding hydrogens is 270 g/mol. The molecule has 2 rings (SSSR count). The lowest BCUT2D eigenvalue weighted by Crippen LogP contribution is -2.29. The first-order chi connectivity index (χ1) is 9.04. The lowest BCUT2D eigenvalue weighted by molar-refractivity contribution is 0.549. The van der Waals surface area contributed by atoms with Gasteiger partial charge in [-0.05, 0) is 42.5 Å². The number of hydrogen-bond acceptors (Lipinski definition) is 3. The Kier molecular flexibility index (Phi) is 4.55. The van der Waals surface area contributed by atoms with E-state index in [1.165, 1.54) is 0 Å². The summed E-state index contributed by atoms with van der Waals surface area (Å²) in [5.74, 6) is 0.976. The fourth-order valence-electron chi connectivity index (χ4n) is 1.66. The molecule has 0 unspecified atom stereocenters. The molecule has 1 aromatic heterocycles. The summed E-state index contributed by atoms with van der Waals surface area (Å²) in [6.07, 6.45) is 1.92. The zero-order valence-corrected chi connectivity index (χ0v) is 13.4. The molecule has 0 amide bonds. The van der Waals surface area contributed by atoms with E-state index in [0.29, 0.717) is 6.54 Å². The third-order valence-electron chi connectivity index (χ3n) is 2.43. The smallest absolute Gasteiger partial charge is 0.242 e. The van der Waals surface area contributed by atoms with Gasteiger partial charge in [0.1, 0.15) is 5.75 Å². The first-order valence-corrected chi connectivity index (χ1v) is 10.7. The largest absolute Gasteiger partial charge is 0.544 e. The molecule has 0 saturated heterocycles. The zero-order chi connectivity index (χ0) is 13.7. The van der Waals surface area contributed by atoms with Crippen molar-refractivity contribution in [2.75, 3.05) is 0 Å². The van der Waals surface area contributed by atoms with E-state index in [9.17, 15) is 0 Å². The Bertz CT molecular complexity index is 544. The van der Waals surface area contributed by atoms with Crippen LogP contribution in [0.4, 0.5) is 0 Å². The van der Waals surface area contributed by atoms with Gasteiger partial charge in [-0.25, -0.2) is 0 Å². The molecule has 2 nitrogen and oxygen atoms in total. The second-order valence-corrected chi connectivity index (χ2v) is 10.6. The third-order valence-corrected chi connectivity index (χ3v) is 3.97. The minimum Gasteiger partial charge on any atom is -0.544 e. The van der Waals surface area contributed by atoms with Crippen molar-refractivity contribution < 1.29 is 4.43 Å². The summed E-state index contributed by atoms with van der Waals surface area (Å²) in [4.78, 5) is 4.49. The molecule has 0 spiro atoms. The van der Waals surface area contributed by atoms with Crippen LogP contribution in [0, 0.1) is 0 Å². The van der Waals surface area contributed by atoms with Crippen LogP contribution in [0.25, 0.3) is 0 Å². The van der Waals surface area contributed by atoms with E-state index in [1.807, 2.05) is 24.4 Å². The summed E-state index contributed by atoms with van der Waals surface area (Å²) in [7, 11) is -1.57. The van der Waals surface area contributed by atoms with Crippen LogP contribution < -0.4 is 4.43 Å². The number of thiophene rings is 1. The molecular formula is C15H19NOSSi.